The number of anilines is 1. The molecular weight excluding hydrogens is 306 g/mol. The number of aryl methyl sites for hydroxylation is 1. The fraction of sp³-hybridized carbons (Fsp3) is 0.412. The highest BCUT2D eigenvalue weighted by Crippen LogP contribution is 2.30. The van der Waals surface area contributed by atoms with Crippen molar-refractivity contribution in [2.45, 2.75) is 19.0 Å². The summed E-state index contributed by atoms with van der Waals surface area (Å²) in [5.74, 6) is 1.68. The van der Waals surface area contributed by atoms with Gasteiger partial charge in [-0.05, 0) is 18.6 Å². The molecule has 1 atom stereocenters. The summed E-state index contributed by atoms with van der Waals surface area (Å²) < 4.78 is 7.30. The Morgan fingerprint density at radius 3 is 3.00 bits per heavy atom. The van der Waals surface area contributed by atoms with Gasteiger partial charge in [-0.1, -0.05) is 12.1 Å². The number of carbonyl (C=O) groups is 1. The normalized spacial score (nSPS) is 16.9. The number of carbonyl (C=O) groups excluding carboxylic acids is 1. The van der Waals surface area contributed by atoms with Crippen LogP contribution in [0.4, 0.5) is 10.5 Å². The highest BCUT2D eigenvalue weighted by atomic mass is 16.5. The lowest BCUT2D eigenvalue weighted by molar-refractivity contribution is 0.237. The van der Waals surface area contributed by atoms with Crippen LogP contribution >= 0.6 is 0 Å². The molecule has 128 valence electrons. The van der Waals surface area contributed by atoms with E-state index in [1.54, 1.807) is 13.3 Å². The minimum Gasteiger partial charge on any atom is -0.495 e. The van der Waals surface area contributed by atoms with E-state index in [0.29, 0.717) is 6.54 Å². The zero-order valence-corrected chi connectivity index (χ0v) is 14.0. The van der Waals surface area contributed by atoms with Crippen molar-refractivity contribution < 1.29 is 9.53 Å². The number of rotatable bonds is 5. The molecule has 1 aromatic heterocycles. The number of hydrogen-bond acceptors (Lipinski definition) is 4. The van der Waals surface area contributed by atoms with Crippen molar-refractivity contribution in [1.29, 1.82) is 0 Å². The average Bonchev–Trinajstić information content (AvgIpc) is 3.22. The first kappa shape index (κ1) is 16.2. The Hall–Kier alpha value is -2.70. The smallest absolute Gasteiger partial charge is 0.315 e. The third kappa shape index (κ3) is 3.61. The standard InChI is InChI=1S/C17H23N5O2/c1-21-10-8-18-16(21)11-19-17(23)20-13-7-9-22(12-13)14-5-3-4-6-15(14)24-2/h3-6,8,10,13H,7,9,11-12H2,1-2H3,(H2,19,20,23). The second-order valence-corrected chi connectivity index (χ2v) is 5.88. The van der Waals surface area contributed by atoms with Crippen molar-refractivity contribution in [3.63, 3.8) is 0 Å². The van der Waals surface area contributed by atoms with E-state index < -0.39 is 0 Å². The number of nitrogens with one attached hydrogen (secondary N) is 2. The highest BCUT2D eigenvalue weighted by Gasteiger charge is 2.25. The van der Waals surface area contributed by atoms with Gasteiger partial charge in [-0.3, -0.25) is 0 Å². The molecule has 24 heavy (non-hydrogen) atoms. The van der Waals surface area contributed by atoms with Crippen molar-refractivity contribution in [3.8, 4) is 5.75 Å². The van der Waals surface area contributed by atoms with Gasteiger partial charge in [0.2, 0.25) is 0 Å². The molecule has 1 unspecified atom stereocenters. The zero-order chi connectivity index (χ0) is 16.9. The predicted octanol–water partition coefficient (Wildman–Crippen LogP) is 1.51. The van der Waals surface area contributed by atoms with E-state index in [1.165, 1.54) is 0 Å². The van der Waals surface area contributed by atoms with E-state index in [1.807, 2.05) is 42.1 Å². The Balaban J connectivity index is 1.51. The molecule has 0 saturated carbocycles. The number of imidazole rings is 1. The summed E-state index contributed by atoms with van der Waals surface area (Å²) >= 11 is 0. The first-order valence-corrected chi connectivity index (χ1v) is 8.06. The molecule has 2 N–H and O–H groups in total. The van der Waals surface area contributed by atoms with Crippen LogP contribution in [0.5, 0.6) is 5.75 Å². The summed E-state index contributed by atoms with van der Waals surface area (Å²) in [6.45, 7) is 2.08. The van der Waals surface area contributed by atoms with Crippen LogP contribution in [0.15, 0.2) is 36.7 Å². The summed E-state index contributed by atoms with van der Waals surface area (Å²) in [7, 11) is 3.58. The molecule has 0 bridgehead atoms. The maximum absolute atomic E-state index is 12.1. The Kier molecular flexibility index (Phi) is 4.88. The fourth-order valence-electron chi connectivity index (χ4n) is 2.95. The summed E-state index contributed by atoms with van der Waals surface area (Å²) in [6, 6.07) is 7.91. The minimum absolute atomic E-state index is 0.122. The number of benzene rings is 1. The van der Waals surface area contributed by atoms with Gasteiger partial charge in [-0.25, -0.2) is 9.78 Å². The van der Waals surface area contributed by atoms with Gasteiger partial charge in [0.25, 0.3) is 0 Å². The van der Waals surface area contributed by atoms with Crippen LogP contribution in [0.25, 0.3) is 0 Å². The molecule has 2 aromatic rings. The molecule has 0 aliphatic carbocycles. The van der Waals surface area contributed by atoms with Crippen molar-refractivity contribution in [3.05, 3.63) is 42.5 Å². The van der Waals surface area contributed by atoms with Crippen LogP contribution in [0.3, 0.4) is 0 Å². The summed E-state index contributed by atoms with van der Waals surface area (Å²) in [5.41, 5.74) is 1.07. The fourth-order valence-corrected chi connectivity index (χ4v) is 2.95. The molecule has 1 fully saturated rings. The van der Waals surface area contributed by atoms with Crippen molar-refractivity contribution >= 4 is 11.7 Å². The Morgan fingerprint density at radius 1 is 1.42 bits per heavy atom. The van der Waals surface area contributed by atoms with Gasteiger partial charge in [0, 0.05) is 38.6 Å². The van der Waals surface area contributed by atoms with Crippen LogP contribution in [0.2, 0.25) is 0 Å². The largest absolute Gasteiger partial charge is 0.495 e. The summed E-state index contributed by atoms with van der Waals surface area (Å²) in [6.07, 6.45) is 4.49. The van der Waals surface area contributed by atoms with Crippen LogP contribution in [0.1, 0.15) is 12.2 Å². The summed E-state index contributed by atoms with van der Waals surface area (Å²) in [5, 5.41) is 5.88. The number of amides is 2. The van der Waals surface area contributed by atoms with Crippen LogP contribution in [0, 0.1) is 0 Å². The lowest BCUT2D eigenvalue weighted by atomic mass is 10.2. The van der Waals surface area contributed by atoms with Gasteiger partial charge in [-0.2, -0.15) is 0 Å². The number of para-hydroxylation sites is 2. The lowest BCUT2D eigenvalue weighted by Crippen LogP contribution is -2.43. The monoisotopic (exact) mass is 329 g/mol. The quantitative estimate of drug-likeness (QED) is 0.872. The SMILES string of the molecule is COc1ccccc1N1CCC(NC(=O)NCc2nccn2C)C1. The molecule has 7 heteroatoms. The second-order valence-electron chi connectivity index (χ2n) is 5.88. The predicted molar refractivity (Wildman–Crippen MR) is 92.2 cm³/mol. The summed E-state index contributed by atoms with van der Waals surface area (Å²) in [4.78, 5) is 18.5. The number of hydrogen-bond donors (Lipinski definition) is 2. The molecule has 0 radical (unpaired) electrons. The third-order valence-electron chi connectivity index (χ3n) is 4.28. The second kappa shape index (κ2) is 7.25. The number of nitrogens with zero attached hydrogens (tertiary/aromatic N) is 3. The van der Waals surface area contributed by atoms with E-state index in [-0.39, 0.29) is 12.1 Å². The minimum atomic E-state index is -0.162. The Bertz CT molecular complexity index is 700. The molecule has 2 amide bonds. The number of aromatic nitrogens is 2. The number of urea groups is 1. The maximum Gasteiger partial charge on any atom is 0.315 e. The number of ether oxygens (including phenoxy) is 1. The van der Waals surface area contributed by atoms with Crippen molar-refractivity contribution in [2.75, 3.05) is 25.1 Å². The van der Waals surface area contributed by atoms with E-state index in [2.05, 4.69) is 20.5 Å². The molecule has 1 saturated heterocycles. The van der Waals surface area contributed by atoms with Gasteiger partial charge in [0.05, 0.1) is 19.3 Å². The molecule has 2 heterocycles. The zero-order valence-electron chi connectivity index (χ0n) is 14.0. The van der Waals surface area contributed by atoms with E-state index in [9.17, 15) is 4.79 Å². The molecule has 1 aliphatic rings. The van der Waals surface area contributed by atoms with Crippen LogP contribution in [-0.4, -0.2) is 41.8 Å². The van der Waals surface area contributed by atoms with Crippen molar-refractivity contribution in [2.24, 2.45) is 7.05 Å². The first-order valence-electron chi connectivity index (χ1n) is 8.06. The van der Waals surface area contributed by atoms with Gasteiger partial charge in [0.15, 0.2) is 0 Å². The van der Waals surface area contributed by atoms with E-state index >= 15 is 0 Å². The van der Waals surface area contributed by atoms with Crippen molar-refractivity contribution in [1.82, 2.24) is 20.2 Å². The molecule has 7 nitrogen and oxygen atoms in total. The topological polar surface area (TPSA) is 71.4 Å². The maximum atomic E-state index is 12.1. The molecule has 1 aliphatic heterocycles. The molecule has 0 spiro atoms. The molecular formula is C17H23N5O2. The Morgan fingerprint density at radius 2 is 2.25 bits per heavy atom. The highest BCUT2D eigenvalue weighted by molar-refractivity contribution is 5.74. The lowest BCUT2D eigenvalue weighted by Gasteiger charge is -2.21. The van der Waals surface area contributed by atoms with E-state index in [4.69, 9.17) is 4.74 Å². The van der Waals surface area contributed by atoms with Crippen LogP contribution < -0.4 is 20.3 Å². The first-order chi connectivity index (χ1) is 11.7. The van der Waals surface area contributed by atoms with Gasteiger partial charge < -0.3 is 24.8 Å². The molecule has 3 rings (SSSR count). The van der Waals surface area contributed by atoms with Gasteiger partial charge in [0.1, 0.15) is 11.6 Å². The van der Waals surface area contributed by atoms with Gasteiger partial charge in [-0.15, -0.1) is 0 Å². The van der Waals surface area contributed by atoms with Crippen LogP contribution in [-0.2, 0) is 13.6 Å². The van der Waals surface area contributed by atoms with E-state index in [0.717, 1.165) is 36.8 Å². The van der Waals surface area contributed by atoms with Gasteiger partial charge >= 0.3 is 6.03 Å². The molecule has 1 aromatic carbocycles. The third-order valence-corrected chi connectivity index (χ3v) is 4.28. The average molecular weight is 329 g/mol. The Labute approximate surface area is 141 Å². The number of methoxy groups -OCH3 is 1.